The van der Waals surface area contributed by atoms with Gasteiger partial charge in [0.2, 0.25) is 0 Å². The summed E-state index contributed by atoms with van der Waals surface area (Å²) in [5, 5.41) is 2.09. The maximum absolute atomic E-state index is 10.5. The zero-order valence-corrected chi connectivity index (χ0v) is 9.70. The molecular weight excluding hydrogens is 212 g/mol. The molecule has 2 rings (SSSR count). The minimum Gasteiger partial charge on any atom is -0.297 e. The van der Waals surface area contributed by atoms with Crippen LogP contribution in [0.2, 0.25) is 0 Å². The molecule has 0 spiro atoms. The lowest BCUT2D eigenvalue weighted by Crippen LogP contribution is -1.95. The maximum Gasteiger partial charge on any atom is 0.160 e. The third-order valence-corrected chi connectivity index (χ3v) is 4.89. The second kappa shape index (κ2) is 4.99. The molecule has 0 atom stereocenters. The average molecular weight is 226 g/mol. The highest BCUT2D eigenvalue weighted by Crippen LogP contribution is 2.32. The first kappa shape index (κ1) is 10.2. The van der Waals surface area contributed by atoms with Crippen molar-refractivity contribution in [3.8, 4) is 0 Å². The van der Waals surface area contributed by atoms with Crippen molar-refractivity contribution in [2.75, 3.05) is 5.75 Å². The van der Waals surface area contributed by atoms with Crippen LogP contribution < -0.4 is 0 Å². The van der Waals surface area contributed by atoms with Crippen molar-refractivity contribution in [3.63, 3.8) is 0 Å². The maximum atomic E-state index is 10.5. The lowest BCUT2D eigenvalue weighted by atomic mass is 10.1. The minimum absolute atomic E-state index is 0.846. The van der Waals surface area contributed by atoms with E-state index in [0.717, 1.165) is 17.1 Å². The van der Waals surface area contributed by atoms with Gasteiger partial charge < -0.3 is 0 Å². The number of thiophene rings is 1. The molecule has 0 aliphatic heterocycles. The smallest absolute Gasteiger partial charge is 0.160 e. The number of carbonyl (C=O) groups is 1. The number of aldehydes is 1. The molecule has 1 nitrogen and oxygen atoms in total. The third kappa shape index (κ3) is 2.61. The first-order chi connectivity index (χ1) is 6.88. The summed E-state index contributed by atoms with van der Waals surface area (Å²) in [5.74, 6) is 2.15. The van der Waals surface area contributed by atoms with E-state index in [1.165, 1.54) is 36.3 Å². The van der Waals surface area contributed by atoms with Crippen molar-refractivity contribution < 1.29 is 4.79 Å². The van der Waals surface area contributed by atoms with E-state index in [2.05, 4.69) is 5.38 Å². The fourth-order valence-corrected chi connectivity index (χ4v) is 3.90. The van der Waals surface area contributed by atoms with Gasteiger partial charge >= 0.3 is 0 Å². The van der Waals surface area contributed by atoms with Crippen molar-refractivity contribution in [1.29, 1.82) is 0 Å². The lowest BCUT2D eigenvalue weighted by Gasteiger charge is -2.05. The molecule has 0 amide bonds. The molecule has 0 radical (unpaired) electrons. The summed E-state index contributed by atoms with van der Waals surface area (Å²) in [7, 11) is 0. The summed E-state index contributed by atoms with van der Waals surface area (Å²) < 4.78 is 0. The minimum atomic E-state index is 0.846. The molecular formula is C11H14OS2. The van der Waals surface area contributed by atoms with Crippen molar-refractivity contribution >= 4 is 29.4 Å². The van der Waals surface area contributed by atoms with Crippen LogP contribution in [0.3, 0.4) is 0 Å². The van der Waals surface area contributed by atoms with Gasteiger partial charge in [-0.2, -0.15) is 0 Å². The van der Waals surface area contributed by atoms with E-state index in [1.54, 1.807) is 11.3 Å². The summed E-state index contributed by atoms with van der Waals surface area (Å²) in [6.45, 7) is 0. The quantitative estimate of drug-likeness (QED) is 0.573. The summed E-state index contributed by atoms with van der Waals surface area (Å²) in [5.41, 5.74) is 0. The SMILES string of the molecule is O=Cc1cc(SCC2CCCC2)cs1. The van der Waals surface area contributed by atoms with Crippen LogP contribution in [-0.2, 0) is 0 Å². The molecule has 1 aromatic rings. The van der Waals surface area contributed by atoms with Crippen molar-refractivity contribution in [2.24, 2.45) is 5.92 Å². The zero-order chi connectivity index (χ0) is 9.80. The Hall–Kier alpha value is -0.280. The number of hydrogen-bond acceptors (Lipinski definition) is 3. The molecule has 1 aliphatic carbocycles. The molecule has 0 unspecified atom stereocenters. The fourth-order valence-electron chi connectivity index (χ4n) is 1.86. The molecule has 1 aromatic heterocycles. The van der Waals surface area contributed by atoms with Gasteiger partial charge in [-0.3, -0.25) is 4.79 Å². The molecule has 14 heavy (non-hydrogen) atoms. The highest BCUT2D eigenvalue weighted by Gasteiger charge is 2.15. The van der Waals surface area contributed by atoms with Gasteiger partial charge in [-0.05, 0) is 24.8 Å². The summed E-state index contributed by atoms with van der Waals surface area (Å²) in [6.07, 6.45) is 6.56. The molecule has 0 aromatic carbocycles. The number of hydrogen-bond donors (Lipinski definition) is 0. The second-order valence-corrected chi connectivity index (χ2v) is 5.80. The normalized spacial score (nSPS) is 17.4. The Morgan fingerprint density at radius 1 is 1.50 bits per heavy atom. The summed E-state index contributed by atoms with van der Waals surface area (Å²) >= 11 is 3.45. The average Bonchev–Trinajstić information content (AvgIpc) is 2.86. The van der Waals surface area contributed by atoms with E-state index >= 15 is 0 Å². The van der Waals surface area contributed by atoms with Crippen LogP contribution in [0.1, 0.15) is 35.4 Å². The van der Waals surface area contributed by atoms with Gasteiger partial charge in [-0.15, -0.1) is 23.1 Å². The Morgan fingerprint density at radius 3 is 2.93 bits per heavy atom. The van der Waals surface area contributed by atoms with Gasteiger partial charge in [0.25, 0.3) is 0 Å². The van der Waals surface area contributed by atoms with Crippen LogP contribution in [0.25, 0.3) is 0 Å². The van der Waals surface area contributed by atoms with Crippen molar-refractivity contribution in [3.05, 3.63) is 16.3 Å². The Bertz CT molecular complexity index is 300. The van der Waals surface area contributed by atoms with Gasteiger partial charge in [0.05, 0.1) is 4.88 Å². The van der Waals surface area contributed by atoms with Crippen molar-refractivity contribution in [1.82, 2.24) is 0 Å². The molecule has 0 bridgehead atoms. The molecule has 1 fully saturated rings. The first-order valence-corrected chi connectivity index (χ1v) is 6.91. The van der Waals surface area contributed by atoms with Gasteiger partial charge in [0.1, 0.15) is 0 Å². The summed E-state index contributed by atoms with van der Waals surface area (Å²) in [4.78, 5) is 12.6. The highest BCUT2D eigenvalue weighted by atomic mass is 32.2. The Balaban J connectivity index is 1.81. The molecule has 0 N–H and O–H groups in total. The van der Waals surface area contributed by atoms with E-state index < -0.39 is 0 Å². The molecule has 76 valence electrons. The van der Waals surface area contributed by atoms with E-state index in [9.17, 15) is 4.79 Å². The largest absolute Gasteiger partial charge is 0.297 e. The van der Waals surface area contributed by atoms with E-state index in [-0.39, 0.29) is 0 Å². The predicted octanol–water partition coefficient (Wildman–Crippen LogP) is 3.84. The van der Waals surface area contributed by atoms with Crippen LogP contribution in [0, 0.1) is 5.92 Å². The monoisotopic (exact) mass is 226 g/mol. The molecule has 1 saturated carbocycles. The lowest BCUT2D eigenvalue weighted by molar-refractivity contribution is 0.112. The fraction of sp³-hybridized carbons (Fsp3) is 0.545. The zero-order valence-electron chi connectivity index (χ0n) is 8.07. The van der Waals surface area contributed by atoms with E-state index in [0.29, 0.717) is 0 Å². The number of carbonyl (C=O) groups excluding carboxylic acids is 1. The summed E-state index contributed by atoms with van der Waals surface area (Å²) in [6, 6.07) is 2.00. The van der Waals surface area contributed by atoms with Crippen LogP contribution in [0.5, 0.6) is 0 Å². The number of rotatable bonds is 4. The highest BCUT2D eigenvalue weighted by molar-refractivity contribution is 7.99. The van der Waals surface area contributed by atoms with Crippen LogP contribution in [0.4, 0.5) is 0 Å². The Morgan fingerprint density at radius 2 is 2.29 bits per heavy atom. The van der Waals surface area contributed by atoms with Gasteiger partial charge in [0, 0.05) is 16.0 Å². The van der Waals surface area contributed by atoms with E-state index in [1.807, 2.05) is 17.8 Å². The molecule has 0 saturated heterocycles. The van der Waals surface area contributed by atoms with Gasteiger partial charge in [0.15, 0.2) is 6.29 Å². The first-order valence-electron chi connectivity index (χ1n) is 5.05. The number of thioether (sulfide) groups is 1. The Labute approximate surface area is 92.9 Å². The van der Waals surface area contributed by atoms with Gasteiger partial charge in [-0.1, -0.05) is 12.8 Å². The van der Waals surface area contributed by atoms with E-state index in [4.69, 9.17) is 0 Å². The predicted molar refractivity (Wildman–Crippen MR) is 62.4 cm³/mol. The molecule has 1 heterocycles. The topological polar surface area (TPSA) is 17.1 Å². The van der Waals surface area contributed by atoms with Gasteiger partial charge in [-0.25, -0.2) is 0 Å². The van der Waals surface area contributed by atoms with Crippen LogP contribution in [0.15, 0.2) is 16.3 Å². The second-order valence-electron chi connectivity index (χ2n) is 3.76. The third-order valence-electron chi connectivity index (χ3n) is 2.67. The molecule has 3 heteroatoms. The Kier molecular flexibility index (Phi) is 3.65. The van der Waals surface area contributed by atoms with Crippen molar-refractivity contribution in [2.45, 2.75) is 30.6 Å². The van der Waals surface area contributed by atoms with Crippen LogP contribution in [-0.4, -0.2) is 12.0 Å². The molecule has 1 aliphatic rings. The van der Waals surface area contributed by atoms with Crippen LogP contribution >= 0.6 is 23.1 Å². The standard InChI is InChI=1S/C11H14OS2/c12-6-10-5-11(8-14-10)13-7-9-3-1-2-4-9/h5-6,8-9H,1-4,7H2.